The highest BCUT2D eigenvalue weighted by Crippen LogP contribution is 2.52. The van der Waals surface area contributed by atoms with Gasteiger partial charge in [0.1, 0.15) is 11.3 Å². The number of alkyl halides is 5. The van der Waals surface area contributed by atoms with Gasteiger partial charge < -0.3 is 39.2 Å². The summed E-state index contributed by atoms with van der Waals surface area (Å²) in [5.74, 6) is -2.22. The van der Waals surface area contributed by atoms with Crippen molar-refractivity contribution in [2.75, 3.05) is 37.1 Å². The van der Waals surface area contributed by atoms with E-state index in [1.807, 2.05) is 0 Å². The molecule has 3 aromatic rings. The van der Waals surface area contributed by atoms with Crippen LogP contribution in [0, 0.1) is 0 Å². The lowest BCUT2D eigenvalue weighted by atomic mass is 9.70. The van der Waals surface area contributed by atoms with Gasteiger partial charge in [0.25, 0.3) is 11.8 Å². The highest BCUT2D eigenvalue weighted by Gasteiger charge is 2.63. The van der Waals surface area contributed by atoms with Crippen LogP contribution in [0.2, 0.25) is 0 Å². The van der Waals surface area contributed by atoms with Crippen molar-refractivity contribution in [2.24, 2.45) is 0 Å². The molecular weight excluding hydrogens is 655 g/mol. The first-order valence-electron chi connectivity index (χ1n) is 14.9. The van der Waals surface area contributed by atoms with Crippen LogP contribution >= 0.6 is 11.3 Å². The number of benzene rings is 2. The minimum absolute atomic E-state index is 0.0137. The summed E-state index contributed by atoms with van der Waals surface area (Å²) < 4.78 is 95.3. The van der Waals surface area contributed by atoms with E-state index in [0.717, 1.165) is 18.6 Å². The summed E-state index contributed by atoms with van der Waals surface area (Å²) in [6, 6.07) is 5.55. The monoisotopic (exact) mass is 682 g/mol. The van der Waals surface area contributed by atoms with Gasteiger partial charge in [-0.1, -0.05) is 11.3 Å². The number of ether oxygens (including phenoxy) is 5. The molecule has 47 heavy (non-hydrogen) atoms. The Hall–Kier alpha value is -3.96. The van der Waals surface area contributed by atoms with Crippen molar-refractivity contribution in [3.05, 3.63) is 35.4 Å². The van der Waals surface area contributed by atoms with Crippen molar-refractivity contribution in [2.45, 2.75) is 67.9 Å². The Morgan fingerprint density at radius 2 is 1.83 bits per heavy atom. The summed E-state index contributed by atoms with van der Waals surface area (Å²) in [7, 11) is 1.39. The fourth-order valence-electron chi connectivity index (χ4n) is 6.85. The Morgan fingerprint density at radius 1 is 1.09 bits per heavy atom. The van der Waals surface area contributed by atoms with Gasteiger partial charge in [-0.2, -0.15) is 13.2 Å². The van der Waals surface area contributed by atoms with Gasteiger partial charge in [-0.15, -0.1) is 8.78 Å². The van der Waals surface area contributed by atoms with Gasteiger partial charge in [-0.25, -0.2) is 4.98 Å². The molecule has 17 heteroatoms. The zero-order chi connectivity index (χ0) is 32.9. The van der Waals surface area contributed by atoms with Crippen molar-refractivity contribution < 1.29 is 55.2 Å². The third-order valence-corrected chi connectivity index (χ3v) is 10.7. The zero-order valence-electron chi connectivity index (χ0n) is 24.7. The van der Waals surface area contributed by atoms with Crippen molar-refractivity contribution in [3.8, 4) is 17.2 Å². The van der Waals surface area contributed by atoms with E-state index in [2.05, 4.69) is 25.0 Å². The Bertz CT molecular complexity index is 1790. The fraction of sp³-hybridized carbons (Fsp3) is 0.500. The number of carbonyl (C=O) groups excluding carboxylic acids is 2. The van der Waals surface area contributed by atoms with Gasteiger partial charge in [0.2, 0.25) is 0 Å². The first-order valence-corrected chi connectivity index (χ1v) is 15.8. The number of fused-ring (bicyclic) bond motifs is 6. The molecule has 2 amide bonds. The molecule has 5 fully saturated rings. The second kappa shape index (κ2) is 10.3. The summed E-state index contributed by atoms with van der Waals surface area (Å²) in [4.78, 5) is 34.6. The number of hydrogen-bond acceptors (Lipinski definition) is 10. The predicted molar refractivity (Wildman–Crippen MR) is 156 cm³/mol. The number of aromatic nitrogens is 1. The number of methoxy groups -OCH3 is 1. The molecule has 6 aliphatic rings. The number of amides is 2. The molecule has 4 aliphatic heterocycles. The first kappa shape index (κ1) is 30.4. The molecule has 2 atom stereocenters. The molecule has 2 N–H and O–H groups in total. The number of halogens is 5. The lowest BCUT2D eigenvalue weighted by Gasteiger charge is -2.53. The summed E-state index contributed by atoms with van der Waals surface area (Å²) in [5.41, 5.74) is -3.21. The molecule has 3 saturated heterocycles. The third-order valence-electron chi connectivity index (χ3n) is 9.53. The maximum atomic E-state index is 14.0. The average molecular weight is 683 g/mol. The molecule has 2 unspecified atom stereocenters. The molecule has 1 aromatic heterocycles. The number of morpholine rings is 1. The standard InChI is InChI=1S/C30H27F5N4O7S/c1-42-18-3-2-15-23(47-26(37-15)39-8-9-43-19-12-17(19)39)22(18)25(41)36-16-11-21-20(45-30(34,35)46-21)10-14(16)24(40)38-27-4-6-28(7-5-27,44-13-27)29(31,32)33/h2-3,10-11,17,19H,4-9,12-13H2,1H3,(H,36,41)(H,38,40). The molecule has 2 aliphatic carbocycles. The lowest BCUT2D eigenvalue weighted by Crippen LogP contribution is -2.66. The van der Waals surface area contributed by atoms with E-state index < -0.39 is 46.9 Å². The number of anilines is 2. The second-order valence-electron chi connectivity index (χ2n) is 12.4. The van der Waals surface area contributed by atoms with E-state index in [1.165, 1.54) is 18.4 Å². The molecule has 11 nitrogen and oxygen atoms in total. The number of nitrogens with one attached hydrogen (secondary N) is 2. The number of thiazole rings is 1. The number of rotatable bonds is 6. The van der Waals surface area contributed by atoms with Gasteiger partial charge in [0.15, 0.2) is 22.2 Å². The largest absolute Gasteiger partial charge is 0.586 e. The Morgan fingerprint density at radius 3 is 2.51 bits per heavy atom. The van der Waals surface area contributed by atoms with Crippen molar-refractivity contribution in [1.29, 1.82) is 0 Å². The average Bonchev–Trinajstić information content (AvgIpc) is 3.60. The SMILES string of the molecule is COc1ccc2nc(N3CCOC4CC43)sc2c1C(=O)Nc1cc2c(cc1C(=O)NC13CCC(C(F)(F)F)(CC1)OC3)OC(F)(F)O2. The van der Waals surface area contributed by atoms with E-state index in [1.54, 1.807) is 12.1 Å². The van der Waals surface area contributed by atoms with Crippen LogP contribution in [0.5, 0.6) is 17.2 Å². The van der Waals surface area contributed by atoms with Crippen molar-refractivity contribution >= 4 is 44.2 Å². The Balaban J connectivity index is 1.11. The second-order valence-corrected chi connectivity index (χ2v) is 13.4. The van der Waals surface area contributed by atoms with Crippen LogP contribution in [0.3, 0.4) is 0 Å². The molecule has 0 spiro atoms. The van der Waals surface area contributed by atoms with Crippen LogP contribution in [0.1, 0.15) is 52.8 Å². The van der Waals surface area contributed by atoms with E-state index >= 15 is 0 Å². The maximum absolute atomic E-state index is 14.0. The van der Waals surface area contributed by atoms with Crippen LogP contribution in [0.25, 0.3) is 10.2 Å². The summed E-state index contributed by atoms with van der Waals surface area (Å²) in [6.45, 7) is 0.808. The van der Waals surface area contributed by atoms with Gasteiger partial charge in [-0.05, 0) is 50.3 Å². The van der Waals surface area contributed by atoms with Gasteiger partial charge >= 0.3 is 12.5 Å². The van der Waals surface area contributed by atoms with E-state index in [4.69, 9.17) is 19.2 Å². The van der Waals surface area contributed by atoms with Crippen LogP contribution in [-0.4, -0.2) is 79.4 Å². The maximum Gasteiger partial charge on any atom is 0.586 e. The minimum atomic E-state index is -4.56. The Labute approximate surface area is 267 Å². The normalized spacial score (nSPS) is 28.6. The summed E-state index contributed by atoms with van der Waals surface area (Å²) >= 11 is 1.29. The topological polar surface area (TPSA) is 120 Å². The summed E-state index contributed by atoms with van der Waals surface area (Å²) in [6.07, 6.45) is -8.27. The quantitative estimate of drug-likeness (QED) is 0.337. The number of nitrogens with zero attached hydrogens (tertiary/aromatic N) is 2. The lowest BCUT2D eigenvalue weighted by molar-refractivity contribution is -0.317. The van der Waals surface area contributed by atoms with E-state index in [-0.39, 0.29) is 67.0 Å². The Kier molecular flexibility index (Phi) is 6.64. The first-order chi connectivity index (χ1) is 22.3. The molecule has 2 saturated carbocycles. The highest BCUT2D eigenvalue weighted by molar-refractivity contribution is 7.22. The predicted octanol–water partition coefficient (Wildman–Crippen LogP) is 5.23. The number of hydrogen-bond donors (Lipinski definition) is 2. The third kappa shape index (κ3) is 5.01. The minimum Gasteiger partial charge on any atom is -0.496 e. The van der Waals surface area contributed by atoms with Crippen LogP contribution in [0.15, 0.2) is 24.3 Å². The van der Waals surface area contributed by atoms with Gasteiger partial charge in [0, 0.05) is 12.6 Å². The van der Waals surface area contributed by atoms with Crippen LogP contribution in [-0.2, 0) is 9.47 Å². The van der Waals surface area contributed by atoms with Gasteiger partial charge in [-0.3, -0.25) is 9.59 Å². The number of carbonyl (C=O) groups is 2. The zero-order valence-corrected chi connectivity index (χ0v) is 25.5. The molecule has 2 aromatic carbocycles. The van der Waals surface area contributed by atoms with Crippen LogP contribution < -0.4 is 29.7 Å². The highest BCUT2D eigenvalue weighted by atomic mass is 32.1. The molecule has 250 valence electrons. The smallest absolute Gasteiger partial charge is 0.496 e. The fourth-order valence-corrected chi connectivity index (χ4v) is 8.03. The molecule has 5 heterocycles. The van der Waals surface area contributed by atoms with Crippen molar-refractivity contribution in [1.82, 2.24) is 10.3 Å². The molecule has 2 bridgehead atoms. The molecular formula is C30H27F5N4O7S. The van der Waals surface area contributed by atoms with E-state index in [0.29, 0.717) is 28.5 Å². The van der Waals surface area contributed by atoms with Gasteiger partial charge in [0.05, 0.1) is 59.5 Å². The van der Waals surface area contributed by atoms with E-state index in [9.17, 15) is 31.5 Å². The van der Waals surface area contributed by atoms with Crippen LogP contribution in [0.4, 0.5) is 32.8 Å². The molecule has 0 radical (unpaired) electrons. The summed E-state index contributed by atoms with van der Waals surface area (Å²) in [5, 5.41) is 6.11. The molecule has 9 rings (SSSR count). The van der Waals surface area contributed by atoms with Crippen molar-refractivity contribution in [3.63, 3.8) is 0 Å².